The number of fused-ring (bicyclic) bond motifs is 1. The average molecular weight is 275 g/mol. The van der Waals surface area contributed by atoms with Gasteiger partial charge in [-0.2, -0.15) is 0 Å². The molecule has 4 heteroatoms. The molecule has 1 amide bonds. The number of carbonyl (C=O) groups excluding carboxylic acids is 1. The third kappa shape index (κ3) is 3.12. The minimum atomic E-state index is -0.185. The van der Waals surface area contributed by atoms with Crippen LogP contribution >= 0.6 is 0 Å². The van der Waals surface area contributed by atoms with Crippen molar-refractivity contribution in [1.82, 2.24) is 9.97 Å². The molecule has 0 radical (unpaired) electrons. The van der Waals surface area contributed by atoms with Crippen molar-refractivity contribution in [2.75, 3.05) is 5.32 Å². The van der Waals surface area contributed by atoms with Gasteiger partial charge in [-0.15, -0.1) is 0 Å². The van der Waals surface area contributed by atoms with Gasteiger partial charge in [0.1, 0.15) is 0 Å². The lowest BCUT2D eigenvalue weighted by atomic mass is 10.2. The van der Waals surface area contributed by atoms with Gasteiger partial charge in [-0.05, 0) is 42.0 Å². The number of nitrogens with zero attached hydrogens (tertiary/aromatic N) is 2. The van der Waals surface area contributed by atoms with Crippen molar-refractivity contribution in [2.24, 2.45) is 0 Å². The maximum Gasteiger partial charge on any atom is 0.248 e. The van der Waals surface area contributed by atoms with Crippen LogP contribution in [0.5, 0.6) is 0 Å². The summed E-state index contributed by atoms with van der Waals surface area (Å²) in [6.45, 7) is 0. The predicted octanol–water partition coefficient (Wildman–Crippen LogP) is 3.28. The zero-order chi connectivity index (χ0) is 14.5. The van der Waals surface area contributed by atoms with Gasteiger partial charge in [0.2, 0.25) is 5.91 Å². The highest BCUT2D eigenvalue weighted by molar-refractivity contribution is 6.06. The van der Waals surface area contributed by atoms with Crippen LogP contribution in [0.1, 0.15) is 5.56 Å². The average Bonchev–Trinajstić information content (AvgIpc) is 2.54. The summed E-state index contributed by atoms with van der Waals surface area (Å²) >= 11 is 0. The normalized spacial score (nSPS) is 10.9. The zero-order valence-electron chi connectivity index (χ0n) is 11.2. The molecule has 3 rings (SSSR count). The Bertz CT molecular complexity index is 792. The molecule has 4 nitrogen and oxygen atoms in total. The summed E-state index contributed by atoms with van der Waals surface area (Å²) in [6.07, 6.45) is 8.35. The third-order valence-corrected chi connectivity index (χ3v) is 3.02. The minimum absolute atomic E-state index is 0.185. The van der Waals surface area contributed by atoms with Gasteiger partial charge >= 0.3 is 0 Å². The molecule has 2 aromatic heterocycles. The first kappa shape index (κ1) is 13.0. The second kappa shape index (κ2) is 5.96. The first-order valence-corrected chi connectivity index (χ1v) is 6.56. The van der Waals surface area contributed by atoms with Gasteiger partial charge in [0.05, 0.1) is 11.2 Å². The molecule has 0 unspecified atom stereocenters. The summed E-state index contributed by atoms with van der Waals surface area (Å²) in [5.41, 5.74) is 2.49. The van der Waals surface area contributed by atoms with E-state index in [1.165, 1.54) is 6.08 Å². The Morgan fingerprint density at radius 3 is 2.81 bits per heavy atom. The molecule has 2 heterocycles. The highest BCUT2D eigenvalue weighted by Gasteiger charge is 2.03. The molecule has 21 heavy (non-hydrogen) atoms. The molecular weight excluding hydrogens is 262 g/mol. The van der Waals surface area contributed by atoms with Crippen molar-refractivity contribution in [3.63, 3.8) is 0 Å². The number of nitrogens with one attached hydrogen (secondary N) is 1. The van der Waals surface area contributed by atoms with E-state index in [2.05, 4.69) is 15.3 Å². The third-order valence-electron chi connectivity index (χ3n) is 3.02. The number of anilines is 1. The number of pyridine rings is 2. The van der Waals surface area contributed by atoms with E-state index in [0.717, 1.165) is 22.2 Å². The second-order valence-corrected chi connectivity index (χ2v) is 4.48. The van der Waals surface area contributed by atoms with Crippen molar-refractivity contribution in [3.05, 3.63) is 72.7 Å². The van der Waals surface area contributed by atoms with Gasteiger partial charge in [-0.25, -0.2) is 0 Å². The van der Waals surface area contributed by atoms with Crippen LogP contribution in [0, 0.1) is 0 Å². The maximum atomic E-state index is 12.0. The number of aromatic nitrogens is 2. The van der Waals surface area contributed by atoms with E-state index >= 15 is 0 Å². The van der Waals surface area contributed by atoms with Crippen molar-refractivity contribution in [2.45, 2.75) is 0 Å². The van der Waals surface area contributed by atoms with E-state index in [1.54, 1.807) is 24.7 Å². The molecule has 102 valence electrons. The predicted molar refractivity (Wildman–Crippen MR) is 83.6 cm³/mol. The maximum absolute atomic E-state index is 12.0. The van der Waals surface area contributed by atoms with Crippen LogP contribution in [-0.2, 0) is 4.79 Å². The molecule has 0 saturated carbocycles. The smallest absolute Gasteiger partial charge is 0.248 e. The fourth-order valence-electron chi connectivity index (χ4n) is 2.03. The second-order valence-electron chi connectivity index (χ2n) is 4.48. The lowest BCUT2D eigenvalue weighted by molar-refractivity contribution is -0.111. The number of hydrogen-bond donors (Lipinski definition) is 1. The minimum Gasteiger partial charge on any atom is -0.322 e. The van der Waals surface area contributed by atoms with Crippen LogP contribution in [0.2, 0.25) is 0 Å². The summed E-state index contributed by atoms with van der Waals surface area (Å²) in [7, 11) is 0. The number of amides is 1. The molecule has 1 aromatic carbocycles. The number of benzene rings is 1. The standard InChI is InChI=1S/C17H13N3O/c21-17(9-8-13-4-2-10-18-12-13)20-16-7-1-6-15-14(16)5-3-11-19-15/h1-12H,(H,20,21)/b9-8+. The van der Waals surface area contributed by atoms with E-state index in [4.69, 9.17) is 0 Å². The van der Waals surface area contributed by atoms with E-state index in [0.29, 0.717) is 0 Å². The fourth-order valence-corrected chi connectivity index (χ4v) is 2.03. The van der Waals surface area contributed by atoms with Gasteiger partial charge in [0.15, 0.2) is 0 Å². The number of hydrogen-bond acceptors (Lipinski definition) is 3. The highest BCUT2D eigenvalue weighted by Crippen LogP contribution is 2.21. The summed E-state index contributed by atoms with van der Waals surface area (Å²) in [5.74, 6) is -0.185. The molecule has 0 saturated heterocycles. The first-order chi connectivity index (χ1) is 10.3. The summed E-state index contributed by atoms with van der Waals surface area (Å²) in [5, 5.41) is 3.79. The SMILES string of the molecule is O=C(/C=C/c1cccnc1)Nc1cccc2ncccc12. The lowest BCUT2D eigenvalue weighted by Gasteiger charge is -2.06. The summed E-state index contributed by atoms with van der Waals surface area (Å²) < 4.78 is 0. The van der Waals surface area contributed by atoms with Crippen LogP contribution in [-0.4, -0.2) is 15.9 Å². The van der Waals surface area contributed by atoms with Crippen molar-refractivity contribution < 1.29 is 4.79 Å². The quantitative estimate of drug-likeness (QED) is 0.746. The van der Waals surface area contributed by atoms with Crippen LogP contribution in [0.25, 0.3) is 17.0 Å². The molecule has 0 atom stereocenters. The van der Waals surface area contributed by atoms with Gasteiger partial charge in [0.25, 0.3) is 0 Å². The largest absolute Gasteiger partial charge is 0.322 e. The Hall–Kier alpha value is -3.01. The molecule has 0 fully saturated rings. The Morgan fingerprint density at radius 2 is 1.95 bits per heavy atom. The summed E-state index contributed by atoms with van der Waals surface area (Å²) in [6, 6.07) is 13.1. The molecule has 1 N–H and O–H groups in total. The first-order valence-electron chi connectivity index (χ1n) is 6.56. The van der Waals surface area contributed by atoms with Gasteiger partial charge < -0.3 is 5.32 Å². The van der Waals surface area contributed by atoms with Crippen LogP contribution in [0.15, 0.2) is 67.1 Å². The molecule has 0 bridgehead atoms. The Balaban J connectivity index is 1.79. The number of rotatable bonds is 3. The van der Waals surface area contributed by atoms with E-state index < -0.39 is 0 Å². The van der Waals surface area contributed by atoms with Crippen LogP contribution < -0.4 is 5.32 Å². The van der Waals surface area contributed by atoms with E-state index in [-0.39, 0.29) is 5.91 Å². The van der Waals surface area contributed by atoms with Crippen molar-refractivity contribution in [1.29, 1.82) is 0 Å². The van der Waals surface area contributed by atoms with Gasteiger partial charge in [-0.3, -0.25) is 14.8 Å². The molecule has 0 aliphatic heterocycles. The fraction of sp³-hybridized carbons (Fsp3) is 0. The van der Waals surface area contributed by atoms with Gasteiger partial charge in [0, 0.05) is 30.1 Å². The van der Waals surface area contributed by atoms with Crippen LogP contribution in [0.3, 0.4) is 0 Å². The van der Waals surface area contributed by atoms with Crippen molar-refractivity contribution >= 4 is 28.6 Å². The Labute approximate surface area is 122 Å². The topological polar surface area (TPSA) is 54.9 Å². The monoisotopic (exact) mass is 275 g/mol. The zero-order valence-corrected chi connectivity index (χ0v) is 11.2. The molecule has 0 spiro atoms. The number of carbonyl (C=O) groups is 1. The van der Waals surface area contributed by atoms with Gasteiger partial charge in [-0.1, -0.05) is 12.1 Å². The highest BCUT2D eigenvalue weighted by atomic mass is 16.1. The molecular formula is C17H13N3O. The van der Waals surface area contributed by atoms with Crippen LogP contribution in [0.4, 0.5) is 5.69 Å². The molecule has 0 aliphatic carbocycles. The van der Waals surface area contributed by atoms with E-state index in [1.807, 2.05) is 42.5 Å². The van der Waals surface area contributed by atoms with E-state index in [9.17, 15) is 4.79 Å². The molecule has 3 aromatic rings. The lowest BCUT2D eigenvalue weighted by Crippen LogP contribution is -2.08. The summed E-state index contributed by atoms with van der Waals surface area (Å²) in [4.78, 5) is 20.3. The Morgan fingerprint density at radius 1 is 1.05 bits per heavy atom. The van der Waals surface area contributed by atoms with Crippen molar-refractivity contribution in [3.8, 4) is 0 Å². The Kier molecular flexibility index (Phi) is 3.69. The molecule has 0 aliphatic rings.